The largest absolute Gasteiger partial charge is 0.416 e. The van der Waals surface area contributed by atoms with Gasteiger partial charge in [-0.05, 0) is 86.6 Å². The molecule has 3 rings (SSSR count). The second-order valence-electron chi connectivity index (χ2n) is 7.89. The Kier molecular flexibility index (Phi) is 8.43. The zero-order valence-electron chi connectivity index (χ0n) is 17.4. The summed E-state index contributed by atoms with van der Waals surface area (Å²) in [6.07, 6.45) is 2.79. The van der Waals surface area contributed by atoms with Gasteiger partial charge in [-0.1, -0.05) is 12.1 Å². The molecule has 168 valence electrons. The van der Waals surface area contributed by atoms with Gasteiger partial charge in [0.1, 0.15) is 6.04 Å². The summed E-state index contributed by atoms with van der Waals surface area (Å²) < 4.78 is 38.7. The van der Waals surface area contributed by atoms with Crippen molar-refractivity contribution in [2.45, 2.75) is 37.9 Å². The minimum atomic E-state index is -4.40. The van der Waals surface area contributed by atoms with Crippen LogP contribution in [0.5, 0.6) is 0 Å². The Bertz CT molecular complexity index is 806. The van der Waals surface area contributed by atoms with E-state index >= 15 is 0 Å². The molecule has 5 nitrogen and oxygen atoms in total. The fourth-order valence-electron chi connectivity index (χ4n) is 3.81. The fraction of sp³-hybridized carbons (Fsp3) is 0.478. The first-order chi connectivity index (χ1) is 14.9. The molecule has 8 heteroatoms. The van der Waals surface area contributed by atoms with E-state index in [4.69, 9.17) is 0 Å². The molecular weight excluding hydrogens is 405 g/mol. The predicted molar refractivity (Wildman–Crippen MR) is 113 cm³/mol. The van der Waals surface area contributed by atoms with Crippen LogP contribution in [0.4, 0.5) is 13.2 Å². The molecule has 1 fully saturated rings. The van der Waals surface area contributed by atoms with Crippen molar-refractivity contribution in [2.24, 2.45) is 5.92 Å². The first-order valence-electron chi connectivity index (χ1n) is 10.7. The van der Waals surface area contributed by atoms with Crippen molar-refractivity contribution < 1.29 is 18.0 Å². The lowest BCUT2D eigenvalue weighted by atomic mass is 9.94. The summed E-state index contributed by atoms with van der Waals surface area (Å²) in [6, 6.07) is 7.90. The zero-order chi connectivity index (χ0) is 22.1. The first kappa shape index (κ1) is 23.2. The fourth-order valence-corrected chi connectivity index (χ4v) is 3.81. The lowest BCUT2D eigenvalue weighted by Gasteiger charge is -2.24. The molecule has 2 heterocycles. The maximum absolute atomic E-state index is 12.9. The summed E-state index contributed by atoms with van der Waals surface area (Å²) in [5.74, 6) is 0.357. The molecule has 2 aromatic rings. The number of amides is 1. The van der Waals surface area contributed by atoms with Crippen LogP contribution in [0.1, 0.15) is 42.0 Å². The molecule has 1 aromatic carbocycles. The van der Waals surface area contributed by atoms with Crippen LogP contribution < -0.4 is 16.0 Å². The Hall–Kier alpha value is -2.45. The van der Waals surface area contributed by atoms with Gasteiger partial charge in [-0.2, -0.15) is 13.2 Å². The second-order valence-corrected chi connectivity index (χ2v) is 7.89. The number of alkyl halides is 3. The number of rotatable bonds is 9. The average Bonchev–Trinajstić information content (AvgIpc) is 2.77. The highest BCUT2D eigenvalue weighted by Crippen LogP contribution is 2.30. The Morgan fingerprint density at radius 2 is 1.74 bits per heavy atom. The van der Waals surface area contributed by atoms with Gasteiger partial charge in [0, 0.05) is 18.9 Å². The molecular formula is C23H29F3N4O. The molecule has 3 N–H and O–H groups in total. The van der Waals surface area contributed by atoms with Crippen LogP contribution in [-0.2, 0) is 17.4 Å². The van der Waals surface area contributed by atoms with Crippen LogP contribution in [-0.4, -0.2) is 37.1 Å². The van der Waals surface area contributed by atoms with E-state index in [2.05, 4.69) is 20.9 Å². The van der Waals surface area contributed by atoms with Crippen LogP contribution in [0.25, 0.3) is 0 Å². The van der Waals surface area contributed by atoms with Crippen molar-refractivity contribution in [1.82, 2.24) is 20.9 Å². The van der Waals surface area contributed by atoms with Crippen molar-refractivity contribution >= 4 is 5.91 Å². The number of hydrogen-bond acceptors (Lipinski definition) is 4. The minimum absolute atomic E-state index is 0.237. The number of benzene rings is 1. The normalized spacial score (nSPS) is 16.1. The lowest BCUT2D eigenvalue weighted by Crippen LogP contribution is -2.39. The summed E-state index contributed by atoms with van der Waals surface area (Å²) in [5.41, 5.74) is 0.864. The van der Waals surface area contributed by atoms with Crippen molar-refractivity contribution in [1.29, 1.82) is 0 Å². The summed E-state index contributed by atoms with van der Waals surface area (Å²) in [5, 5.41) is 9.51. The number of hydrogen-bond donors (Lipinski definition) is 3. The van der Waals surface area contributed by atoms with E-state index in [-0.39, 0.29) is 5.91 Å². The van der Waals surface area contributed by atoms with Gasteiger partial charge in [0.15, 0.2) is 0 Å². The molecule has 1 atom stereocenters. The monoisotopic (exact) mass is 434 g/mol. The highest BCUT2D eigenvalue weighted by atomic mass is 19.4. The SMILES string of the molecule is O=C(NCCc1ccncc1)C(NCCC1CCNCC1)c1ccc(C(F)(F)F)cc1. The van der Waals surface area contributed by atoms with Gasteiger partial charge in [0.2, 0.25) is 5.91 Å². The predicted octanol–water partition coefficient (Wildman–Crippen LogP) is 3.48. The van der Waals surface area contributed by atoms with E-state index in [1.165, 1.54) is 12.1 Å². The van der Waals surface area contributed by atoms with Crippen molar-refractivity contribution in [3.05, 3.63) is 65.5 Å². The topological polar surface area (TPSA) is 66.0 Å². The van der Waals surface area contributed by atoms with Crippen LogP contribution in [0.15, 0.2) is 48.8 Å². The average molecular weight is 435 g/mol. The van der Waals surface area contributed by atoms with Gasteiger partial charge < -0.3 is 16.0 Å². The van der Waals surface area contributed by atoms with Crippen molar-refractivity contribution in [3.63, 3.8) is 0 Å². The first-order valence-corrected chi connectivity index (χ1v) is 10.7. The Morgan fingerprint density at radius 1 is 1.06 bits per heavy atom. The Morgan fingerprint density at radius 3 is 2.39 bits per heavy atom. The third-order valence-corrected chi connectivity index (χ3v) is 5.66. The van der Waals surface area contributed by atoms with Gasteiger partial charge in [-0.15, -0.1) is 0 Å². The molecule has 1 unspecified atom stereocenters. The smallest absolute Gasteiger partial charge is 0.354 e. The molecule has 0 spiro atoms. The molecule has 0 saturated carbocycles. The summed E-state index contributed by atoms with van der Waals surface area (Å²) in [6.45, 7) is 3.08. The quantitative estimate of drug-likeness (QED) is 0.565. The highest BCUT2D eigenvalue weighted by Gasteiger charge is 2.30. The van der Waals surface area contributed by atoms with Gasteiger partial charge in [-0.25, -0.2) is 0 Å². The van der Waals surface area contributed by atoms with Gasteiger partial charge in [0.25, 0.3) is 0 Å². The molecule has 0 bridgehead atoms. The van der Waals surface area contributed by atoms with E-state index in [1.54, 1.807) is 12.4 Å². The number of nitrogens with zero attached hydrogens (tertiary/aromatic N) is 1. The molecule has 1 aromatic heterocycles. The van der Waals surface area contributed by atoms with E-state index in [1.807, 2.05) is 12.1 Å². The molecule has 1 aliphatic heterocycles. The second kappa shape index (κ2) is 11.2. The molecule has 0 aliphatic carbocycles. The summed E-state index contributed by atoms with van der Waals surface area (Å²) in [7, 11) is 0. The maximum atomic E-state index is 12.9. The Balaban J connectivity index is 1.61. The van der Waals surface area contributed by atoms with Gasteiger partial charge in [0.05, 0.1) is 5.56 Å². The van der Waals surface area contributed by atoms with Crippen molar-refractivity contribution in [3.8, 4) is 0 Å². The van der Waals surface area contributed by atoms with E-state index in [0.717, 1.165) is 50.0 Å². The third kappa shape index (κ3) is 7.33. The van der Waals surface area contributed by atoms with E-state index in [0.29, 0.717) is 31.0 Å². The number of halogens is 3. The van der Waals surface area contributed by atoms with Gasteiger partial charge in [-0.3, -0.25) is 9.78 Å². The van der Waals surface area contributed by atoms with E-state index in [9.17, 15) is 18.0 Å². The number of piperidine rings is 1. The van der Waals surface area contributed by atoms with Crippen LogP contribution in [0.3, 0.4) is 0 Å². The molecule has 1 saturated heterocycles. The van der Waals surface area contributed by atoms with Crippen molar-refractivity contribution in [2.75, 3.05) is 26.2 Å². The number of carbonyl (C=O) groups excluding carboxylic acids is 1. The Labute approximate surface area is 180 Å². The third-order valence-electron chi connectivity index (χ3n) is 5.66. The van der Waals surface area contributed by atoms with Crippen LogP contribution >= 0.6 is 0 Å². The number of carbonyl (C=O) groups is 1. The van der Waals surface area contributed by atoms with Crippen LogP contribution in [0, 0.1) is 5.92 Å². The number of aromatic nitrogens is 1. The molecule has 0 radical (unpaired) electrons. The number of nitrogens with one attached hydrogen (secondary N) is 3. The highest BCUT2D eigenvalue weighted by molar-refractivity contribution is 5.83. The van der Waals surface area contributed by atoms with Gasteiger partial charge >= 0.3 is 6.18 Å². The summed E-state index contributed by atoms with van der Waals surface area (Å²) >= 11 is 0. The maximum Gasteiger partial charge on any atom is 0.416 e. The summed E-state index contributed by atoms with van der Waals surface area (Å²) in [4.78, 5) is 16.9. The molecule has 1 amide bonds. The number of pyridine rings is 1. The molecule has 31 heavy (non-hydrogen) atoms. The molecule has 1 aliphatic rings. The van der Waals surface area contributed by atoms with Crippen LogP contribution in [0.2, 0.25) is 0 Å². The lowest BCUT2D eigenvalue weighted by molar-refractivity contribution is -0.137. The zero-order valence-corrected chi connectivity index (χ0v) is 17.4. The minimum Gasteiger partial charge on any atom is -0.354 e. The standard InChI is InChI=1S/C23H29F3N4O/c24-23(25,26)20-3-1-19(2-4-20)21(29-15-9-17-5-11-27-12-6-17)22(31)30-16-10-18-7-13-28-14-8-18/h1-4,7-8,13-14,17,21,27,29H,5-6,9-12,15-16H2,(H,30,31). The van der Waals surface area contributed by atoms with E-state index < -0.39 is 17.8 Å².